The average Bonchev–Trinajstić information content (AvgIpc) is 3.37. The summed E-state index contributed by atoms with van der Waals surface area (Å²) >= 11 is 0. The van der Waals surface area contributed by atoms with Crippen molar-refractivity contribution in [2.45, 2.75) is 13.5 Å². The van der Waals surface area contributed by atoms with Crippen molar-refractivity contribution in [3.63, 3.8) is 0 Å². The lowest BCUT2D eigenvalue weighted by Crippen LogP contribution is -1.95. The van der Waals surface area contributed by atoms with E-state index in [4.69, 9.17) is 18.0 Å². The quantitative estimate of drug-likeness (QED) is 0.450. The highest BCUT2D eigenvalue weighted by Gasteiger charge is 2.13. The second kappa shape index (κ2) is 5.77. The van der Waals surface area contributed by atoms with E-state index >= 15 is 0 Å². The molecule has 6 heteroatoms. The van der Waals surface area contributed by atoms with Gasteiger partial charge in [-0.2, -0.15) is 0 Å². The molecule has 0 spiro atoms. The summed E-state index contributed by atoms with van der Waals surface area (Å²) in [5, 5.41) is 10.1. The highest BCUT2D eigenvalue weighted by molar-refractivity contribution is 6.05. The number of fused-ring (bicyclic) bond motifs is 3. The second-order valence-electron chi connectivity index (χ2n) is 5.96. The van der Waals surface area contributed by atoms with E-state index in [0.717, 1.165) is 27.7 Å². The Morgan fingerprint density at radius 3 is 2.62 bits per heavy atom. The van der Waals surface area contributed by atoms with E-state index in [1.165, 1.54) is 0 Å². The van der Waals surface area contributed by atoms with Crippen molar-refractivity contribution in [1.29, 1.82) is 0 Å². The van der Waals surface area contributed by atoms with Crippen LogP contribution >= 0.6 is 0 Å². The number of hydrogen-bond donors (Lipinski definition) is 0. The molecule has 0 saturated carbocycles. The van der Waals surface area contributed by atoms with Crippen LogP contribution in [0.1, 0.15) is 11.7 Å². The van der Waals surface area contributed by atoms with Crippen molar-refractivity contribution in [1.82, 2.24) is 10.2 Å². The van der Waals surface area contributed by atoms with Crippen molar-refractivity contribution in [2.24, 2.45) is 0 Å². The van der Waals surface area contributed by atoms with E-state index in [1.807, 2.05) is 55.5 Å². The first-order valence-corrected chi connectivity index (χ1v) is 8.19. The molecule has 3 aromatic heterocycles. The minimum atomic E-state index is 0.175. The molecule has 0 aliphatic carbocycles. The summed E-state index contributed by atoms with van der Waals surface area (Å²) in [6, 6.07) is 17.3. The molecule has 5 aromatic rings. The number of aryl methyl sites for hydroxylation is 1. The Kier molecular flexibility index (Phi) is 3.28. The Labute approximate surface area is 148 Å². The van der Waals surface area contributed by atoms with E-state index in [0.29, 0.717) is 23.3 Å². The van der Waals surface area contributed by atoms with Gasteiger partial charge in [-0.3, -0.25) is 0 Å². The van der Waals surface area contributed by atoms with Crippen molar-refractivity contribution in [2.75, 3.05) is 0 Å². The smallest absolute Gasteiger partial charge is 0.283 e. The fourth-order valence-corrected chi connectivity index (χ4v) is 2.90. The van der Waals surface area contributed by atoms with Crippen LogP contribution in [0.5, 0.6) is 5.75 Å². The summed E-state index contributed by atoms with van der Waals surface area (Å²) < 4.78 is 22.7. The molecule has 0 saturated heterocycles. The number of nitrogens with zero attached hydrogens (tertiary/aromatic N) is 2. The van der Waals surface area contributed by atoms with Crippen LogP contribution in [0.25, 0.3) is 33.6 Å². The maximum absolute atomic E-state index is 5.82. The minimum absolute atomic E-state index is 0.175. The van der Waals surface area contributed by atoms with Crippen molar-refractivity contribution < 1.29 is 18.0 Å². The van der Waals surface area contributed by atoms with Gasteiger partial charge >= 0.3 is 0 Å². The Morgan fingerprint density at radius 2 is 1.73 bits per heavy atom. The lowest BCUT2D eigenvalue weighted by molar-refractivity contribution is 0.264. The summed E-state index contributed by atoms with van der Waals surface area (Å²) in [7, 11) is 0. The highest BCUT2D eigenvalue weighted by Crippen LogP contribution is 2.31. The van der Waals surface area contributed by atoms with Crippen LogP contribution < -0.4 is 4.74 Å². The van der Waals surface area contributed by atoms with Crippen LogP contribution in [0.4, 0.5) is 0 Å². The predicted molar refractivity (Wildman–Crippen MR) is 94.8 cm³/mol. The third kappa shape index (κ3) is 2.52. The van der Waals surface area contributed by atoms with Crippen molar-refractivity contribution in [3.8, 4) is 17.4 Å². The first-order chi connectivity index (χ1) is 12.8. The van der Waals surface area contributed by atoms with Gasteiger partial charge in [0.15, 0.2) is 12.4 Å². The summed E-state index contributed by atoms with van der Waals surface area (Å²) in [5.41, 5.74) is 1.68. The largest absolute Gasteiger partial charge is 0.484 e. The minimum Gasteiger partial charge on any atom is -0.484 e. The molecule has 128 valence electrons. The third-order valence-electron chi connectivity index (χ3n) is 4.13. The fourth-order valence-electron chi connectivity index (χ4n) is 2.90. The monoisotopic (exact) mass is 346 g/mol. The SMILES string of the molecule is Cc1ccc(-c2nnc(COc3ccc4oc5ccccc5c4c3)o2)o1. The van der Waals surface area contributed by atoms with E-state index in [9.17, 15) is 0 Å². The lowest BCUT2D eigenvalue weighted by atomic mass is 10.1. The standard InChI is InChI=1S/C20H14N2O4/c1-12-6-8-18(24-12)20-22-21-19(26-20)11-23-13-7-9-17-15(10-13)14-4-2-3-5-16(14)25-17/h2-10H,11H2,1H3. The Hall–Kier alpha value is -3.54. The summed E-state index contributed by atoms with van der Waals surface area (Å²) in [5.74, 6) is 2.76. The molecule has 26 heavy (non-hydrogen) atoms. The summed E-state index contributed by atoms with van der Waals surface area (Å²) in [6.07, 6.45) is 0. The van der Waals surface area contributed by atoms with Crippen LogP contribution in [0.3, 0.4) is 0 Å². The zero-order valence-electron chi connectivity index (χ0n) is 13.9. The van der Waals surface area contributed by atoms with Gasteiger partial charge in [-0.15, -0.1) is 10.2 Å². The molecule has 0 N–H and O–H groups in total. The van der Waals surface area contributed by atoms with Gasteiger partial charge in [0.2, 0.25) is 0 Å². The maximum atomic E-state index is 5.82. The van der Waals surface area contributed by atoms with Crippen LogP contribution in [0.15, 0.2) is 67.8 Å². The number of ether oxygens (including phenoxy) is 1. The van der Waals surface area contributed by atoms with Gasteiger partial charge in [-0.05, 0) is 43.3 Å². The molecule has 3 heterocycles. The Balaban J connectivity index is 1.38. The van der Waals surface area contributed by atoms with Crippen LogP contribution in [-0.4, -0.2) is 10.2 Å². The molecule has 0 fully saturated rings. The van der Waals surface area contributed by atoms with Gasteiger partial charge in [0.25, 0.3) is 11.8 Å². The molecular formula is C20H14N2O4. The van der Waals surface area contributed by atoms with Crippen LogP contribution in [0, 0.1) is 6.92 Å². The van der Waals surface area contributed by atoms with E-state index < -0.39 is 0 Å². The molecular weight excluding hydrogens is 332 g/mol. The van der Waals surface area contributed by atoms with Gasteiger partial charge < -0.3 is 18.0 Å². The summed E-state index contributed by atoms with van der Waals surface area (Å²) in [4.78, 5) is 0. The molecule has 0 bridgehead atoms. The van der Waals surface area contributed by atoms with Crippen LogP contribution in [0.2, 0.25) is 0 Å². The van der Waals surface area contributed by atoms with E-state index in [1.54, 1.807) is 6.07 Å². The lowest BCUT2D eigenvalue weighted by Gasteiger charge is -2.02. The highest BCUT2D eigenvalue weighted by atomic mass is 16.5. The number of rotatable bonds is 4. The van der Waals surface area contributed by atoms with Gasteiger partial charge in [-0.25, -0.2) is 0 Å². The molecule has 0 aliphatic rings. The zero-order valence-corrected chi connectivity index (χ0v) is 13.9. The first kappa shape index (κ1) is 14.8. The third-order valence-corrected chi connectivity index (χ3v) is 4.13. The van der Waals surface area contributed by atoms with E-state index in [-0.39, 0.29) is 6.61 Å². The van der Waals surface area contributed by atoms with Gasteiger partial charge in [-0.1, -0.05) is 18.2 Å². The predicted octanol–water partition coefficient (Wildman–Crippen LogP) is 5.12. The van der Waals surface area contributed by atoms with Gasteiger partial charge in [0, 0.05) is 10.8 Å². The van der Waals surface area contributed by atoms with Crippen LogP contribution in [-0.2, 0) is 6.61 Å². The second-order valence-corrected chi connectivity index (χ2v) is 5.96. The fraction of sp³-hybridized carbons (Fsp3) is 0.100. The molecule has 0 unspecified atom stereocenters. The number of aromatic nitrogens is 2. The molecule has 0 aliphatic heterocycles. The first-order valence-electron chi connectivity index (χ1n) is 8.19. The molecule has 6 nitrogen and oxygen atoms in total. The van der Waals surface area contributed by atoms with E-state index in [2.05, 4.69) is 10.2 Å². The zero-order chi connectivity index (χ0) is 17.5. The van der Waals surface area contributed by atoms with Gasteiger partial charge in [0.1, 0.15) is 22.7 Å². The van der Waals surface area contributed by atoms with Crippen molar-refractivity contribution >= 4 is 21.9 Å². The molecule has 0 amide bonds. The maximum Gasteiger partial charge on any atom is 0.283 e. The number of hydrogen-bond acceptors (Lipinski definition) is 6. The molecule has 0 atom stereocenters. The number of benzene rings is 2. The molecule has 2 aromatic carbocycles. The Bertz CT molecular complexity index is 1210. The van der Waals surface area contributed by atoms with Crippen molar-refractivity contribution in [3.05, 3.63) is 66.2 Å². The normalized spacial score (nSPS) is 11.4. The number of furan rings is 2. The molecule has 5 rings (SSSR count). The Morgan fingerprint density at radius 1 is 0.846 bits per heavy atom. The number of para-hydroxylation sites is 1. The summed E-state index contributed by atoms with van der Waals surface area (Å²) in [6.45, 7) is 2.04. The van der Waals surface area contributed by atoms with Gasteiger partial charge in [0.05, 0.1) is 0 Å². The topological polar surface area (TPSA) is 74.4 Å². The average molecular weight is 346 g/mol. The molecule has 0 radical (unpaired) electrons.